The van der Waals surface area contributed by atoms with E-state index in [1.165, 1.54) is 103 Å². The Bertz CT molecular complexity index is 1150. The molecule has 9 nitrogen and oxygen atoms in total. The Morgan fingerprint density at radius 1 is 0.525 bits per heavy atom. The Labute approximate surface area is 361 Å². The molecule has 0 saturated heterocycles. The number of rotatable bonds is 44. The maximum absolute atomic E-state index is 12.1. The molecule has 0 aliphatic heterocycles. The van der Waals surface area contributed by atoms with Crippen molar-refractivity contribution in [1.82, 2.24) is 5.32 Å². The summed E-state index contributed by atoms with van der Waals surface area (Å²) in [6.45, 7) is 3.49. The van der Waals surface area contributed by atoms with E-state index in [0.717, 1.165) is 77.0 Å². The highest BCUT2D eigenvalue weighted by Crippen LogP contribution is 2.42. The van der Waals surface area contributed by atoms with Crippen molar-refractivity contribution < 1.29 is 37.9 Å². The summed E-state index contributed by atoms with van der Waals surface area (Å²) in [5.74, 6) is -0.532. The van der Waals surface area contributed by atoms with Crippen molar-refractivity contribution in [1.29, 1.82) is 0 Å². The minimum absolute atomic E-state index is 0.0742. The molecule has 2 unspecified atom stereocenters. The van der Waals surface area contributed by atoms with Crippen molar-refractivity contribution in [2.24, 2.45) is 0 Å². The Balaban J connectivity index is 3.61. The molecule has 0 saturated carbocycles. The summed E-state index contributed by atoms with van der Waals surface area (Å²) in [5, 5.41) is 12.7. The van der Waals surface area contributed by atoms with E-state index in [9.17, 15) is 24.2 Å². The van der Waals surface area contributed by atoms with Crippen molar-refractivity contribution in [3.8, 4) is 0 Å². The van der Waals surface area contributed by atoms with Crippen molar-refractivity contribution in [2.45, 2.75) is 213 Å². The Kier molecular flexibility index (Phi) is 43.5. The highest BCUT2D eigenvalue weighted by molar-refractivity contribution is 7.47. The summed E-state index contributed by atoms with van der Waals surface area (Å²) in [4.78, 5) is 34.0. The van der Waals surface area contributed by atoms with Gasteiger partial charge in [-0.25, -0.2) is 4.57 Å². The van der Waals surface area contributed by atoms with Crippen LogP contribution in [0.4, 0.5) is 0 Å². The van der Waals surface area contributed by atoms with Crippen LogP contribution >= 0.6 is 7.82 Å². The van der Waals surface area contributed by atoms with E-state index in [1.807, 2.05) is 0 Å². The smallest absolute Gasteiger partial charge is 0.463 e. The molecule has 2 atom stereocenters. The molecule has 0 aromatic rings. The first kappa shape index (κ1) is 56.7. The molecule has 0 heterocycles. The van der Waals surface area contributed by atoms with Crippen molar-refractivity contribution in [3.63, 3.8) is 0 Å². The molecule has 1 amide bonds. The molecular formula is C49H88NO8P. The number of phosphoric ester groups is 1. The van der Waals surface area contributed by atoms with Crippen LogP contribution in [-0.2, 0) is 27.9 Å². The van der Waals surface area contributed by atoms with Crippen LogP contribution < -0.4 is 5.32 Å². The molecule has 3 N–H and O–H groups in total. The average molecular weight is 850 g/mol. The first-order chi connectivity index (χ1) is 28.8. The first-order valence-electron chi connectivity index (χ1n) is 23.8. The van der Waals surface area contributed by atoms with E-state index < -0.39 is 26.5 Å². The van der Waals surface area contributed by atoms with E-state index in [2.05, 4.69) is 79.9 Å². The molecule has 0 aliphatic rings. The van der Waals surface area contributed by atoms with E-state index >= 15 is 0 Å². The third kappa shape index (κ3) is 46.6. The number of hydrogen-bond acceptors (Lipinski definition) is 7. The lowest BCUT2D eigenvalue weighted by Gasteiger charge is -2.15. The molecule has 0 aliphatic carbocycles. The van der Waals surface area contributed by atoms with Crippen LogP contribution in [0.1, 0.15) is 206 Å². The number of allylic oxidation sites excluding steroid dienone is 10. The normalized spacial score (nSPS) is 13.8. The number of aliphatic hydroxyl groups excluding tert-OH is 1. The number of carbonyl (C=O) groups excluding carboxylic acids is 2. The summed E-state index contributed by atoms with van der Waals surface area (Å²) < 4.78 is 26.9. The van der Waals surface area contributed by atoms with Crippen molar-refractivity contribution >= 4 is 19.7 Å². The fourth-order valence-electron chi connectivity index (χ4n) is 6.30. The molecule has 59 heavy (non-hydrogen) atoms. The van der Waals surface area contributed by atoms with Crippen LogP contribution in [0, 0.1) is 0 Å². The largest absolute Gasteiger partial charge is 0.472 e. The first-order valence-corrected chi connectivity index (χ1v) is 25.3. The Morgan fingerprint density at radius 3 is 1.37 bits per heavy atom. The number of phosphoric acid groups is 1. The third-order valence-electron chi connectivity index (χ3n) is 9.92. The Hall–Kier alpha value is -2.29. The molecule has 0 aromatic carbocycles. The zero-order valence-corrected chi connectivity index (χ0v) is 38.6. The van der Waals surface area contributed by atoms with Crippen LogP contribution in [0.25, 0.3) is 0 Å². The van der Waals surface area contributed by atoms with Gasteiger partial charge in [0.1, 0.15) is 12.7 Å². The second-order valence-corrected chi connectivity index (χ2v) is 17.2. The van der Waals surface area contributed by atoms with Crippen LogP contribution in [0.5, 0.6) is 0 Å². The fourth-order valence-corrected chi connectivity index (χ4v) is 7.06. The van der Waals surface area contributed by atoms with Gasteiger partial charge in [-0.2, -0.15) is 0 Å². The topological polar surface area (TPSA) is 131 Å². The number of nitrogens with one attached hydrogen (secondary N) is 1. The highest BCUT2D eigenvalue weighted by Gasteiger charge is 2.23. The third-order valence-corrected chi connectivity index (χ3v) is 10.9. The van der Waals surface area contributed by atoms with Crippen LogP contribution in [0.15, 0.2) is 60.8 Å². The maximum atomic E-state index is 12.1. The van der Waals surface area contributed by atoms with Gasteiger partial charge in [0.15, 0.2) is 0 Å². The van der Waals surface area contributed by atoms with Crippen molar-refractivity contribution in [3.05, 3.63) is 60.8 Å². The van der Waals surface area contributed by atoms with Gasteiger partial charge in [-0.05, 0) is 83.5 Å². The number of ether oxygens (including phenoxy) is 1. The molecule has 0 rings (SSSR count). The SMILES string of the molecule is CCCCC/C=C\C/C=C\C/C=C\CCCCCCCCCCC(=O)NCCOP(=O)(O)OCC(O)COC(=O)CCCCCCCCC/C=C\C/C=C\CCCCC. The molecular weight excluding hydrogens is 762 g/mol. The second-order valence-electron chi connectivity index (χ2n) is 15.7. The van der Waals surface area contributed by atoms with Gasteiger partial charge in [0.25, 0.3) is 0 Å². The highest BCUT2D eigenvalue weighted by atomic mass is 31.2. The van der Waals surface area contributed by atoms with Gasteiger partial charge < -0.3 is 20.1 Å². The lowest BCUT2D eigenvalue weighted by Crippen LogP contribution is -2.27. The minimum Gasteiger partial charge on any atom is -0.463 e. The maximum Gasteiger partial charge on any atom is 0.472 e. The fraction of sp³-hybridized carbons (Fsp3) is 0.755. The number of carbonyl (C=O) groups is 2. The molecule has 10 heteroatoms. The number of hydrogen-bond donors (Lipinski definition) is 3. The summed E-state index contributed by atoms with van der Waals surface area (Å²) in [7, 11) is -4.43. The molecule has 0 radical (unpaired) electrons. The molecule has 342 valence electrons. The minimum atomic E-state index is -4.43. The van der Waals surface area contributed by atoms with Gasteiger partial charge in [-0.3, -0.25) is 18.6 Å². The second kappa shape index (κ2) is 45.2. The molecule has 0 bridgehead atoms. The van der Waals surface area contributed by atoms with Gasteiger partial charge in [0, 0.05) is 19.4 Å². The Morgan fingerprint density at radius 2 is 0.915 bits per heavy atom. The number of unbranched alkanes of at least 4 members (excludes halogenated alkanes) is 21. The van der Waals surface area contributed by atoms with Gasteiger partial charge in [-0.15, -0.1) is 0 Å². The summed E-state index contributed by atoms with van der Waals surface area (Å²) >= 11 is 0. The zero-order chi connectivity index (χ0) is 43.2. The standard InChI is InChI=1S/C49H88NO8P/c1-3-5-7-9-11-13-15-17-19-21-22-23-24-26-27-29-31-33-35-37-39-41-48(52)50-43-44-57-59(54,55)58-46-47(51)45-56-49(53)42-40-38-36-34-32-30-28-25-20-18-16-14-12-10-8-6-4-2/h11-14,17-20,22-23,47,51H,3-10,15-16,21,24-46H2,1-2H3,(H,50,52)(H,54,55)/b13-11-,14-12-,19-17-,20-18-,23-22-. The monoisotopic (exact) mass is 850 g/mol. The number of aliphatic hydroxyl groups is 1. The number of amides is 1. The van der Waals surface area contributed by atoms with Crippen molar-refractivity contribution in [2.75, 3.05) is 26.4 Å². The van der Waals surface area contributed by atoms with Gasteiger partial charge in [-0.1, -0.05) is 171 Å². The van der Waals surface area contributed by atoms with Gasteiger partial charge in [0.2, 0.25) is 5.91 Å². The van der Waals surface area contributed by atoms with E-state index in [1.54, 1.807) is 0 Å². The van der Waals surface area contributed by atoms with E-state index in [4.69, 9.17) is 13.8 Å². The number of esters is 1. The van der Waals surface area contributed by atoms with E-state index in [0.29, 0.717) is 6.42 Å². The summed E-state index contributed by atoms with van der Waals surface area (Å²) in [6, 6.07) is 0. The molecule has 0 fully saturated rings. The lowest BCUT2D eigenvalue weighted by molar-refractivity contribution is -0.147. The van der Waals surface area contributed by atoms with Crippen LogP contribution in [0.2, 0.25) is 0 Å². The summed E-state index contributed by atoms with van der Waals surface area (Å²) in [6.07, 6.45) is 54.3. The van der Waals surface area contributed by atoms with Crippen LogP contribution in [-0.4, -0.2) is 54.3 Å². The summed E-state index contributed by atoms with van der Waals surface area (Å²) in [5.41, 5.74) is 0. The molecule has 0 spiro atoms. The van der Waals surface area contributed by atoms with Gasteiger partial charge in [0.05, 0.1) is 13.2 Å². The lowest BCUT2D eigenvalue weighted by atomic mass is 10.1. The predicted octanol–water partition coefficient (Wildman–Crippen LogP) is 13.7. The average Bonchev–Trinajstić information content (AvgIpc) is 3.22. The molecule has 0 aromatic heterocycles. The van der Waals surface area contributed by atoms with E-state index in [-0.39, 0.29) is 32.1 Å². The quantitative estimate of drug-likeness (QED) is 0.0239. The predicted molar refractivity (Wildman–Crippen MR) is 247 cm³/mol. The zero-order valence-electron chi connectivity index (χ0n) is 37.7. The van der Waals surface area contributed by atoms with Crippen LogP contribution in [0.3, 0.4) is 0 Å². The van der Waals surface area contributed by atoms with Gasteiger partial charge >= 0.3 is 13.8 Å².